The summed E-state index contributed by atoms with van der Waals surface area (Å²) < 4.78 is 20.2. The molecule has 43 valence electrons. The highest BCUT2D eigenvalue weighted by Gasteiger charge is 2.01. The molecule has 2 N–H and O–H groups in total. The Morgan fingerprint density at radius 3 is 2.14 bits per heavy atom. The summed E-state index contributed by atoms with van der Waals surface area (Å²) in [5.41, 5.74) is 0. The molecular weight excluding hydrogens is 116 g/mol. The van der Waals surface area contributed by atoms with Gasteiger partial charge in [0, 0.05) is 0 Å². The van der Waals surface area contributed by atoms with Crippen molar-refractivity contribution in [2.45, 2.75) is 6.92 Å². The minimum absolute atomic E-state index is 0.0243. The highest BCUT2D eigenvalue weighted by atomic mass is 32.2. The van der Waals surface area contributed by atoms with Crippen LogP contribution in [0.15, 0.2) is 0 Å². The summed E-state index contributed by atoms with van der Waals surface area (Å²) in [7, 11) is -3.25. The van der Waals surface area contributed by atoms with E-state index in [0.717, 1.165) is 0 Å². The molecule has 0 saturated heterocycles. The lowest BCUT2D eigenvalue weighted by molar-refractivity contribution is 0.584. The van der Waals surface area contributed by atoms with Gasteiger partial charge in [-0.05, 0) is 11.8 Å². The zero-order chi connectivity index (χ0) is 5.91. The summed E-state index contributed by atoms with van der Waals surface area (Å²) in [6, 6.07) is 0. The van der Waals surface area contributed by atoms with Crippen molar-refractivity contribution in [1.29, 1.82) is 0 Å². The highest BCUT2D eigenvalue weighted by Crippen LogP contribution is 1.76. The number of hydrogen-bond donors (Lipinski definition) is 1. The van der Waals surface area contributed by atoms with Gasteiger partial charge in [-0.25, -0.2) is 14.3 Å². The van der Waals surface area contributed by atoms with E-state index in [-0.39, 0.29) is 5.75 Å². The summed E-state index contributed by atoms with van der Waals surface area (Å²) >= 11 is 0. The first-order valence-electron chi connectivity index (χ1n) is 1.77. The van der Waals surface area contributed by atoms with Gasteiger partial charge in [-0.1, -0.05) is 0 Å². The van der Waals surface area contributed by atoms with Gasteiger partial charge >= 0.3 is 0 Å². The first-order valence-corrected chi connectivity index (χ1v) is 3.38. The highest BCUT2D eigenvalue weighted by molar-refractivity contribution is 7.89. The third-order valence-corrected chi connectivity index (χ3v) is 1.58. The van der Waals surface area contributed by atoms with E-state index in [1.807, 2.05) is 0 Å². The van der Waals surface area contributed by atoms with Crippen LogP contribution in [0.4, 0.5) is 0 Å². The average molecular weight is 123 g/mol. The Morgan fingerprint density at radius 1 is 1.71 bits per heavy atom. The van der Waals surface area contributed by atoms with Crippen LogP contribution in [0.5, 0.6) is 0 Å². The molecule has 0 bridgehead atoms. The molecule has 0 rings (SSSR count). The van der Waals surface area contributed by atoms with Crippen LogP contribution in [0.1, 0.15) is 6.92 Å². The summed E-state index contributed by atoms with van der Waals surface area (Å²) in [5, 5.41) is 0. The quantitative estimate of drug-likeness (QED) is 0.371. The molecule has 7 heavy (non-hydrogen) atoms. The molecule has 4 nitrogen and oxygen atoms in total. The topological polar surface area (TPSA) is 74.3 Å². The minimum Gasteiger partial charge on any atom is -0.238 e. The first-order chi connectivity index (χ1) is 3.12. The fraction of sp³-hybridized carbons (Fsp3) is 1.00. The molecule has 0 unspecified atom stereocenters. The molecule has 0 atom stereocenters. The summed E-state index contributed by atoms with van der Waals surface area (Å²) in [5.74, 6) is 4.43. The van der Waals surface area contributed by atoms with Crippen molar-refractivity contribution < 1.29 is 8.42 Å². The average Bonchev–Trinajstić information content (AvgIpc) is 1.68. The van der Waals surface area contributed by atoms with Gasteiger partial charge in [0.05, 0.1) is 5.75 Å². The van der Waals surface area contributed by atoms with Crippen LogP contribution in [0.25, 0.3) is 0 Å². The molecule has 0 aromatic carbocycles. The third-order valence-electron chi connectivity index (χ3n) is 0.525. The van der Waals surface area contributed by atoms with Crippen LogP contribution >= 0.6 is 0 Å². The monoisotopic (exact) mass is 123 g/mol. The van der Waals surface area contributed by atoms with Crippen molar-refractivity contribution in [3.05, 3.63) is 0 Å². The molecule has 0 aliphatic heterocycles. The van der Waals surface area contributed by atoms with E-state index in [9.17, 15) is 8.42 Å². The van der Waals surface area contributed by atoms with Crippen LogP contribution in [0, 0.1) is 0 Å². The molecule has 0 aliphatic carbocycles. The molecule has 0 aromatic rings. The number of sulfonamides is 1. The van der Waals surface area contributed by atoms with Gasteiger partial charge in [-0.15, -0.1) is 0 Å². The van der Waals surface area contributed by atoms with Crippen LogP contribution < -0.4 is 10.7 Å². The first kappa shape index (κ1) is 6.87. The molecular formula is C2H7N2O2S. The molecule has 1 radical (unpaired) electrons. The van der Waals surface area contributed by atoms with Crippen molar-refractivity contribution in [3.63, 3.8) is 0 Å². The van der Waals surface area contributed by atoms with Gasteiger partial charge < -0.3 is 0 Å². The molecule has 5 heteroatoms. The second-order valence-corrected chi connectivity index (χ2v) is 2.93. The molecule has 0 aliphatic rings. The summed E-state index contributed by atoms with van der Waals surface area (Å²) in [4.78, 5) is 2.61. The molecule has 0 fully saturated rings. The Hall–Kier alpha value is -0.130. The molecule has 0 amide bonds. The maximum atomic E-state index is 10.1. The number of hydrogen-bond acceptors (Lipinski definition) is 3. The standard InChI is InChI=1S/C2H7N2O2S/c1-2-7(5,6)4-3/h2-3H2,1H3. The van der Waals surface area contributed by atoms with E-state index in [1.165, 1.54) is 6.92 Å². The van der Waals surface area contributed by atoms with E-state index >= 15 is 0 Å². The Labute approximate surface area is 42.7 Å². The van der Waals surface area contributed by atoms with E-state index in [2.05, 4.69) is 10.7 Å². The molecule has 0 saturated carbocycles. The maximum absolute atomic E-state index is 10.1. The Balaban J connectivity index is 3.89. The van der Waals surface area contributed by atoms with Gasteiger partial charge in [0.1, 0.15) is 0 Å². The maximum Gasteiger partial charge on any atom is 0.242 e. The smallest absolute Gasteiger partial charge is 0.238 e. The van der Waals surface area contributed by atoms with Crippen molar-refractivity contribution in [1.82, 2.24) is 4.83 Å². The van der Waals surface area contributed by atoms with Gasteiger partial charge in [-0.3, -0.25) is 0 Å². The number of nitrogens with two attached hydrogens (primary N) is 1. The van der Waals surface area contributed by atoms with E-state index in [4.69, 9.17) is 0 Å². The van der Waals surface area contributed by atoms with Crippen molar-refractivity contribution in [3.8, 4) is 0 Å². The zero-order valence-electron chi connectivity index (χ0n) is 3.96. The van der Waals surface area contributed by atoms with Crippen molar-refractivity contribution >= 4 is 10.0 Å². The van der Waals surface area contributed by atoms with Crippen molar-refractivity contribution in [2.24, 2.45) is 5.84 Å². The van der Waals surface area contributed by atoms with Crippen molar-refractivity contribution in [2.75, 3.05) is 5.75 Å². The lowest BCUT2D eigenvalue weighted by atomic mass is 11.0. The van der Waals surface area contributed by atoms with E-state index in [0.29, 0.717) is 0 Å². The fourth-order valence-corrected chi connectivity index (χ4v) is 0.224. The van der Waals surface area contributed by atoms with Crippen LogP contribution in [0.3, 0.4) is 0 Å². The predicted molar refractivity (Wildman–Crippen MR) is 25.8 cm³/mol. The van der Waals surface area contributed by atoms with Gasteiger partial charge in [0.2, 0.25) is 10.0 Å². The Morgan fingerprint density at radius 2 is 2.14 bits per heavy atom. The second kappa shape index (κ2) is 2.25. The molecule has 0 heterocycles. The van der Waals surface area contributed by atoms with Gasteiger partial charge in [-0.2, -0.15) is 0 Å². The van der Waals surface area contributed by atoms with Gasteiger partial charge in [0.15, 0.2) is 0 Å². The number of rotatable bonds is 2. The SMILES string of the molecule is CCS(=O)(=O)[N]N. The fourth-order valence-electron chi connectivity index (χ4n) is 0.0745. The lowest BCUT2D eigenvalue weighted by Gasteiger charge is -1.88. The van der Waals surface area contributed by atoms with Gasteiger partial charge in [0.25, 0.3) is 0 Å². The predicted octanol–water partition coefficient (Wildman–Crippen LogP) is -1.19. The normalized spacial score (nSPS) is 11.7. The summed E-state index contributed by atoms with van der Waals surface area (Å²) in [6.07, 6.45) is 0. The zero-order valence-corrected chi connectivity index (χ0v) is 4.77. The third kappa shape index (κ3) is 2.55. The van der Waals surface area contributed by atoms with E-state index in [1.54, 1.807) is 0 Å². The van der Waals surface area contributed by atoms with Crippen LogP contribution in [0.2, 0.25) is 0 Å². The number of nitrogens with zero attached hydrogens (tertiary/aromatic N) is 1. The molecule has 0 aromatic heterocycles. The molecule has 0 spiro atoms. The Bertz CT molecular complexity index is 117. The minimum atomic E-state index is -3.25. The lowest BCUT2D eigenvalue weighted by Crippen LogP contribution is -2.23. The van der Waals surface area contributed by atoms with Crippen LogP contribution in [-0.2, 0) is 10.0 Å². The Kier molecular flexibility index (Phi) is 2.21. The largest absolute Gasteiger partial charge is 0.242 e. The van der Waals surface area contributed by atoms with Crippen LogP contribution in [-0.4, -0.2) is 14.2 Å². The van der Waals surface area contributed by atoms with E-state index < -0.39 is 10.0 Å². The second-order valence-electron chi connectivity index (χ2n) is 0.976. The summed E-state index contributed by atoms with van der Waals surface area (Å²) in [6.45, 7) is 1.48.